The maximum Gasteiger partial charge on any atom is 0.237 e. The number of benzene rings is 1. The van der Waals surface area contributed by atoms with Crippen LogP contribution in [0.4, 0.5) is 0 Å². The van der Waals surface area contributed by atoms with Gasteiger partial charge in [0.2, 0.25) is 5.91 Å². The minimum Gasteiger partial charge on any atom is -0.396 e. The van der Waals surface area contributed by atoms with E-state index in [9.17, 15) is 4.79 Å². The van der Waals surface area contributed by atoms with E-state index >= 15 is 0 Å². The summed E-state index contributed by atoms with van der Waals surface area (Å²) in [5, 5.41) is 11.8. The number of rotatable bonds is 6. The molecule has 0 aliphatic carbocycles. The Morgan fingerprint density at radius 1 is 1.39 bits per heavy atom. The molecule has 1 amide bonds. The fourth-order valence-electron chi connectivity index (χ4n) is 1.73. The zero-order valence-electron chi connectivity index (χ0n) is 11.0. The van der Waals surface area contributed by atoms with Crippen LogP contribution in [-0.2, 0) is 11.2 Å². The number of aliphatic hydroxyl groups is 1. The van der Waals surface area contributed by atoms with Gasteiger partial charge in [0.25, 0.3) is 0 Å². The topological polar surface area (TPSA) is 75.3 Å². The molecule has 0 heterocycles. The monoisotopic (exact) mass is 250 g/mol. The largest absolute Gasteiger partial charge is 0.396 e. The Balaban J connectivity index is 2.52. The molecule has 4 heteroatoms. The first-order valence-electron chi connectivity index (χ1n) is 6.17. The van der Waals surface area contributed by atoms with Gasteiger partial charge >= 0.3 is 0 Å². The van der Waals surface area contributed by atoms with Gasteiger partial charge in [-0.3, -0.25) is 4.79 Å². The highest BCUT2D eigenvalue weighted by Crippen LogP contribution is 2.08. The van der Waals surface area contributed by atoms with Crippen LogP contribution in [-0.4, -0.2) is 29.2 Å². The minimum atomic E-state index is -0.564. The molecule has 1 aromatic carbocycles. The summed E-state index contributed by atoms with van der Waals surface area (Å²) in [4.78, 5) is 11.9. The first kappa shape index (κ1) is 14.7. The smallest absolute Gasteiger partial charge is 0.237 e. The SMILES string of the molecule is CC(C)(CCO)NC(=O)[C@@H](N)Cc1ccccc1. The lowest BCUT2D eigenvalue weighted by Crippen LogP contribution is -2.51. The molecular weight excluding hydrogens is 228 g/mol. The van der Waals surface area contributed by atoms with Crippen molar-refractivity contribution in [3.63, 3.8) is 0 Å². The number of carbonyl (C=O) groups excluding carboxylic acids is 1. The highest BCUT2D eigenvalue weighted by molar-refractivity contribution is 5.82. The van der Waals surface area contributed by atoms with Gasteiger partial charge < -0.3 is 16.2 Å². The van der Waals surface area contributed by atoms with Crippen LogP contribution in [0.15, 0.2) is 30.3 Å². The first-order chi connectivity index (χ1) is 8.44. The Bertz CT molecular complexity index is 377. The summed E-state index contributed by atoms with van der Waals surface area (Å²) in [7, 11) is 0. The fraction of sp³-hybridized carbons (Fsp3) is 0.500. The fourth-order valence-corrected chi connectivity index (χ4v) is 1.73. The second kappa shape index (κ2) is 6.52. The van der Waals surface area contributed by atoms with Gasteiger partial charge in [-0.05, 0) is 32.3 Å². The molecule has 0 aromatic heterocycles. The van der Waals surface area contributed by atoms with E-state index in [1.807, 2.05) is 44.2 Å². The molecule has 0 saturated heterocycles. The third-order valence-corrected chi connectivity index (χ3v) is 2.83. The summed E-state index contributed by atoms with van der Waals surface area (Å²) in [6.45, 7) is 3.79. The highest BCUT2D eigenvalue weighted by atomic mass is 16.3. The normalized spacial score (nSPS) is 13.1. The van der Waals surface area contributed by atoms with E-state index < -0.39 is 11.6 Å². The van der Waals surface area contributed by atoms with Crippen molar-refractivity contribution >= 4 is 5.91 Å². The third kappa shape index (κ3) is 4.85. The molecule has 0 radical (unpaired) electrons. The van der Waals surface area contributed by atoms with Gasteiger partial charge in [-0.25, -0.2) is 0 Å². The second-order valence-corrected chi connectivity index (χ2v) is 5.14. The van der Waals surface area contributed by atoms with Gasteiger partial charge in [0.15, 0.2) is 0 Å². The predicted octanol–water partition coefficient (Wildman–Crippen LogP) is 0.834. The molecule has 0 fully saturated rings. The van der Waals surface area contributed by atoms with E-state index in [2.05, 4.69) is 5.32 Å². The maximum atomic E-state index is 11.9. The van der Waals surface area contributed by atoms with Crippen molar-refractivity contribution in [2.45, 2.75) is 38.3 Å². The molecule has 0 unspecified atom stereocenters. The Morgan fingerprint density at radius 3 is 2.56 bits per heavy atom. The maximum absolute atomic E-state index is 11.9. The van der Waals surface area contributed by atoms with Crippen LogP contribution < -0.4 is 11.1 Å². The summed E-state index contributed by atoms with van der Waals surface area (Å²) < 4.78 is 0. The van der Waals surface area contributed by atoms with Crippen LogP contribution in [0.3, 0.4) is 0 Å². The minimum absolute atomic E-state index is 0.0429. The molecule has 0 spiro atoms. The first-order valence-corrected chi connectivity index (χ1v) is 6.17. The van der Waals surface area contributed by atoms with E-state index in [4.69, 9.17) is 10.8 Å². The molecule has 1 rings (SSSR count). The molecule has 0 bridgehead atoms. The number of amides is 1. The molecule has 1 atom stereocenters. The van der Waals surface area contributed by atoms with Crippen molar-refractivity contribution in [1.29, 1.82) is 0 Å². The molecule has 4 N–H and O–H groups in total. The van der Waals surface area contributed by atoms with Crippen molar-refractivity contribution in [2.75, 3.05) is 6.61 Å². The van der Waals surface area contributed by atoms with Crippen LogP contribution in [0.1, 0.15) is 25.8 Å². The lowest BCUT2D eigenvalue weighted by Gasteiger charge is -2.27. The van der Waals surface area contributed by atoms with Crippen LogP contribution in [0.5, 0.6) is 0 Å². The number of nitrogens with two attached hydrogens (primary N) is 1. The van der Waals surface area contributed by atoms with E-state index in [-0.39, 0.29) is 12.5 Å². The molecule has 4 nitrogen and oxygen atoms in total. The zero-order valence-corrected chi connectivity index (χ0v) is 11.0. The van der Waals surface area contributed by atoms with Crippen LogP contribution in [0.25, 0.3) is 0 Å². The standard InChI is InChI=1S/C14H22N2O2/c1-14(2,8-9-17)16-13(18)12(15)10-11-6-4-3-5-7-11/h3-7,12,17H,8-10,15H2,1-2H3,(H,16,18)/t12-/m0/s1. The number of hydrogen-bond acceptors (Lipinski definition) is 3. The third-order valence-electron chi connectivity index (χ3n) is 2.83. The van der Waals surface area contributed by atoms with Crippen LogP contribution in [0.2, 0.25) is 0 Å². The van der Waals surface area contributed by atoms with Crippen molar-refractivity contribution in [1.82, 2.24) is 5.32 Å². The summed E-state index contributed by atoms with van der Waals surface area (Å²) in [6, 6.07) is 9.12. The van der Waals surface area contributed by atoms with Crippen LogP contribution in [0, 0.1) is 0 Å². The van der Waals surface area contributed by atoms with Crippen molar-refractivity contribution in [2.24, 2.45) is 5.73 Å². The average Bonchev–Trinajstić information content (AvgIpc) is 2.29. The van der Waals surface area contributed by atoms with E-state index in [1.54, 1.807) is 0 Å². The number of aliphatic hydroxyl groups excluding tert-OH is 1. The van der Waals surface area contributed by atoms with Crippen molar-refractivity contribution in [3.8, 4) is 0 Å². The molecule has 100 valence electrons. The summed E-state index contributed by atoms with van der Waals surface area (Å²) in [5.74, 6) is -0.183. The second-order valence-electron chi connectivity index (χ2n) is 5.14. The lowest BCUT2D eigenvalue weighted by molar-refractivity contribution is -0.124. The van der Waals surface area contributed by atoms with Gasteiger partial charge in [0, 0.05) is 12.1 Å². The van der Waals surface area contributed by atoms with Gasteiger partial charge in [0.05, 0.1) is 6.04 Å². The Hall–Kier alpha value is -1.39. The van der Waals surface area contributed by atoms with E-state index in [0.29, 0.717) is 12.8 Å². The predicted molar refractivity (Wildman–Crippen MR) is 72.0 cm³/mol. The summed E-state index contributed by atoms with van der Waals surface area (Å²) in [5.41, 5.74) is 6.49. The van der Waals surface area contributed by atoms with Crippen molar-refractivity contribution < 1.29 is 9.90 Å². The average molecular weight is 250 g/mol. The number of carbonyl (C=O) groups is 1. The molecular formula is C14H22N2O2. The molecule has 0 saturated carbocycles. The molecule has 18 heavy (non-hydrogen) atoms. The summed E-state index contributed by atoms with van der Waals surface area (Å²) in [6.07, 6.45) is 1.03. The van der Waals surface area contributed by atoms with E-state index in [1.165, 1.54) is 0 Å². The number of hydrogen-bond donors (Lipinski definition) is 3. The quantitative estimate of drug-likeness (QED) is 0.700. The van der Waals surface area contributed by atoms with Gasteiger partial charge in [-0.1, -0.05) is 30.3 Å². The zero-order chi connectivity index (χ0) is 13.6. The summed E-state index contributed by atoms with van der Waals surface area (Å²) >= 11 is 0. The van der Waals surface area contributed by atoms with Gasteiger partial charge in [-0.2, -0.15) is 0 Å². The van der Waals surface area contributed by atoms with Gasteiger partial charge in [-0.15, -0.1) is 0 Å². The Kier molecular flexibility index (Phi) is 5.31. The molecule has 1 aromatic rings. The molecule has 0 aliphatic rings. The lowest BCUT2D eigenvalue weighted by atomic mass is 9.99. The van der Waals surface area contributed by atoms with E-state index in [0.717, 1.165) is 5.56 Å². The van der Waals surface area contributed by atoms with Gasteiger partial charge in [0.1, 0.15) is 0 Å². The van der Waals surface area contributed by atoms with Crippen LogP contribution >= 0.6 is 0 Å². The Labute approximate surface area is 108 Å². The number of nitrogens with one attached hydrogen (secondary N) is 1. The Morgan fingerprint density at radius 2 is 2.00 bits per heavy atom. The molecule has 0 aliphatic heterocycles. The van der Waals surface area contributed by atoms with Crippen molar-refractivity contribution in [3.05, 3.63) is 35.9 Å². The highest BCUT2D eigenvalue weighted by Gasteiger charge is 2.23.